The lowest BCUT2D eigenvalue weighted by molar-refractivity contribution is 0.343. The van der Waals surface area contributed by atoms with Crippen molar-refractivity contribution in [2.75, 3.05) is 6.61 Å². The van der Waals surface area contributed by atoms with E-state index in [1.165, 1.54) is 6.07 Å². The van der Waals surface area contributed by atoms with Gasteiger partial charge in [0.25, 0.3) is 0 Å². The molecule has 0 aliphatic rings. The van der Waals surface area contributed by atoms with E-state index in [2.05, 4.69) is 12.6 Å². The van der Waals surface area contributed by atoms with Gasteiger partial charge in [0, 0.05) is 15.0 Å². The summed E-state index contributed by atoms with van der Waals surface area (Å²) in [4.78, 5) is 0.794. The van der Waals surface area contributed by atoms with Gasteiger partial charge in [0.2, 0.25) is 0 Å². The first-order chi connectivity index (χ1) is 6.70. The Morgan fingerprint density at radius 1 is 1.43 bits per heavy atom. The van der Waals surface area contributed by atoms with Gasteiger partial charge in [-0.3, -0.25) is 0 Å². The largest absolute Gasteiger partial charge is 0.493 e. The highest BCUT2D eigenvalue weighted by molar-refractivity contribution is 7.80. The summed E-state index contributed by atoms with van der Waals surface area (Å²) in [5.41, 5.74) is 0. The molecule has 0 saturated heterocycles. The Bertz CT molecular complexity index is 464. The number of rotatable bonds is 2. The Morgan fingerprint density at radius 2 is 2.21 bits per heavy atom. The molecule has 2 rings (SSSR count). The van der Waals surface area contributed by atoms with Gasteiger partial charge in [-0.1, -0.05) is 0 Å². The maximum absolute atomic E-state index is 13.0. The molecule has 0 radical (unpaired) electrons. The van der Waals surface area contributed by atoms with Crippen molar-refractivity contribution in [3.63, 3.8) is 0 Å². The molecule has 1 aromatic carbocycles. The monoisotopic (exact) mass is 228 g/mol. The van der Waals surface area contributed by atoms with Gasteiger partial charge >= 0.3 is 0 Å². The van der Waals surface area contributed by atoms with E-state index in [4.69, 9.17) is 4.74 Å². The number of fused-ring (bicyclic) bond motifs is 1. The average Bonchev–Trinajstić information content (AvgIpc) is 2.45. The van der Waals surface area contributed by atoms with Gasteiger partial charge in [0.05, 0.1) is 6.61 Å². The predicted octanol–water partition coefficient (Wildman–Crippen LogP) is 3.73. The smallest absolute Gasteiger partial charge is 0.177 e. The molecule has 14 heavy (non-hydrogen) atoms. The average molecular weight is 228 g/mol. The van der Waals surface area contributed by atoms with Crippen LogP contribution in [0.5, 0.6) is 5.75 Å². The molecule has 0 fully saturated rings. The van der Waals surface area contributed by atoms with E-state index >= 15 is 0 Å². The highest BCUT2D eigenvalue weighted by atomic mass is 32.1. The summed E-state index contributed by atoms with van der Waals surface area (Å²) < 4.78 is 19.3. The minimum atomic E-state index is -0.195. The van der Waals surface area contributed by atoms with E-state index in [0.717, 1.165) is 26.3 Å². The molecule has 2 aromatic rings. The third-order valence-electron chi connectivity index (χ3n) is 1.85. The third kappa shape index (κ3) is 1.72. The Morgan fingerprint density at radius 3 is 2.93 bits per heavy atom. The molecular weight excluding hydrogens is 219 g/mol. The molecule has 4 heteroatoms. The molecule has 0 unspecified atom stereocenters. The van der Waals surface area contributed by atoms with Crippen LogP contribution >= 0.6 is 24.0 Å². The Kier molecular flexibility index (Phi) is 2.65. The van der Waals surface area contributed by atoms with Crippen molar-refractivity contribution in [3.8, 4) is 5.75 Å². The summed E-state index contributed by atoms with van der Waals surface area (Å²) in [6.07, 6.45) is 0. The maximum atomic E-state index is 13.0. The summed E-state index contributed by atoms with van der Waals surface area (Å²) >= 11 is 5.35. The van der Waals surface area contributed by atoms with Gasteiger partial charge in [-0.2, -0.15) is 4.39 Å². The van der Waals surface area contributed by atoms with Crippen LogP contribution in [0.1, 0.15) is 6.92 Å². The lowest BCUT2D eigenvalue weighted by Gasteiger charge is -2.04. The highest BCUT2D eigenvalue weighted by Gasteiger charge is 2.07. The SMILES string of the molecule is CCOc1cc(S)cc2sc(F)cc12. The normalized spacial score (nSPS) is 10.8. The van der Waals surface area contributed by atoms with Crippen LogP contribution in [-0.2, 0) is 0 Å². The molecule has 74 valence electrons. The first-order valence-electron chi connectivity index (χ1n) is 4.25. The second-order valence-corrected chi connectivity index (χ2v) is 4.39. The van der Waals surface area contributed by atoms with Gasteiger partial charge in [-0.15, -0.1) is 24.0 Å². The Hall–Kier alpha value is -0.740. The van der Waals surface area contributed by atoms with Crippen LogP contribution in [0.2, 0.25) is 0 Å². The van der Waals surface area contributed by atoms with E-state index in [1.54, 1.807) is 6.07 Å². The molecule has 0 amide bonds. The fraction of sp³-hybridized carbons (Fsp3) is 0.200. The summed E-state index contributed by atoms with van der Waals surface area (Å²) in [6.45, 7) is 2.48. The van der Waals surface area contributed by atoms with E-state index < -0.39 is 0 Å². The van der Waals surface area contributed by atoms with Crippen LogP contribution in [-0.4, -0.2) is 6.61 Å². The van der Waals surface area contributed by atoms with E-state index in [0.29, 0.717) is 12.4 Å². The minimum Gasteiger partial charge on any atom is -0.493 e. The van der Waals surface area contributed by atoms with E-state index in [-0.39, 0.29) is 5.13 Å². The van der Waals surface area contributed by atoms with Crippen LogP contribution in [0, 0.1) is 5.13 Å². The van der Waals surface area contributed by atoms with Crippen LogP contribution < -0.4 is 4.74 Å². The molecule has 0 N–H and O–H groups in total. The predicted molar refractivity (Wildman–Crippen MR) is 60.2 cm³/mol. The summed E-state index contributed by atoms with van der Waals surface area (Å²) in [5.74, 6) is 0.704. The second kappa shape index (κ2) is 3.79. The number of thiol groups is 1. The van der Waals surface area contributed by atoms with E-state index in [1.807, 2.05) is 13.0 Å². The maximum Gasteiger partial charge on any atom is 0.177 e. The zero-order valence-electron chi connectivity index (χ0n) is 7.58. The van der Waals surface area contributed by atoms with Crippen LogP contribution in [0.25, 0.3) is 10.1 Å². The zero-order valence-corrected chi connectivity index (χ0v) is 9.29. The quantitative estimate of drug-likeness (QED) is 0.771. The number of halogens is 1. The summed E-state index contributed by atoms with van der Waals surface area (Å²) in [7, 11) is 0. The summed E-state index contributed by atoms with van der Waals surface area (Å²) in [5, 5.41) is 0.632. The van der Waals surface area contributed by atoms with E-state index in [9.17, 15) is 4.39 Å². The van der Waals surface area contributed by atoms with Crippen molar-refractivity contribution < 1.29 is 9.13 Å². The van der Waals surface area contributed by atoms with Crippen molar-refractivity contribution in [2.45, 2.75) is 11.8 Å². The molecule has 0 spiro atoms. The third-order valence-corrected chi connectivity index (χ3v) is 2.98. The topological polar surface area (TPSA) is 9.23 Å². The van der Waals surface area contributed by atoms with Gasteiger partial charge < -0.3 is 4.74 Å². The number of hydrogen-bond donors (Lipinski definition) is 1. The molecule has 1 aromatic heterocycles. The lowest BCUT2D eigenvalue weighted by atomic mass is 10.2. The first-order valence-corrected chi connectivity index (χ1v) is 5.52. The molecule has 1 heterocycles. The van der Waals surface area contributed by atoms with Crippen molar-refractivity contribution in [3.05, 3.63) is 23.3 Å². The van der Waals surface area contributed by atoms with Crippen molar-refractivity contribution in [1.82, 2.24) is 0 Å². The standard InChI is InChI=1S/C10H9FOS2/c1-2-12-8-3-6(13)4-9-7(8)5-10(11)14-9/h3-5,13H,2H2,1H3. The molecule has 0 saturated carbocycles. The van der Waals surface area contributed by atoms with Crippen LogP contribution in [0.3, 0.4) is 0 Å². The Balaban J connectivity index is 2.66. The molecule has 0 aliphatic carbocycles. The number of hydrogen-bond acceptors (Lipinski definition) is 3. The zero-order chi connectivity index (χ0) is 10.1. The van der Waals surface area contributed by atoms with Crippen molar-refractivity contribution in [1.29, 1.82) is 0 Å². The molecular formula is C10H9FOS2. The molecule has 0 atom stereocenters. The van der Waals surface area contributed by atoms with Gasteiger partial charge in [-0.25, -0.2) is 0 Å². The van der Waals surface area contributed by atoms with Gasteiger partial charge in [-0.05, 0) is 25.1 Å². The second-order valence-electron chi connectivity index (χ2n) is 2.84. The minimum absolute atomic E-state index is 0.195. The fourth-order valence-corrected chi connectivity index (χ4v) is 2.51. The molecule has 0 bridgehead atoms. The molecule has 0 aliphatic heterocycles. The van der Waals surface area contributed by atoms with Crippen LogP contribution in [0.15, 0.2) is 23.1 Å². The first kappa shape index (κ1) is 9.80. The molecule has 1 nitrogen and oxygen atoms in total. The van der Waals surface area contributed by atoms with Gasteiger partial charge in [0.1, 0.15) is 5.75 Å². The number of ether oxygens (including phenoxy) is 1. The Labute approximate surface area is 90.9 Å². The highest BCUT2D eigenvalue weighted by Crippen LogP contribution is 2.34. The van der Waals surface area contributed by atoms with Crippen molar-refractivity contribution in [2.24, 2.45) is 0 Å². The lowest BCUT2D eigenvalue weighted by Crippen LogP contribution is -1.91. The number of benzene rings is 1. The fourth-order valence-electron chi connectivity index (χ4n) is 1.34. The van der Waals surface area contributed by atoms with Crippen LogP contribution in [0.4, 0.5) is 4.39 Å². The number of thiophene rings is 1. The summed E-state index contributed by atoms with van der Waals surface area (Å²) in [6, 6.07) is 5.15. The van der Waals surface area contributed by atoms with Gasteiger partial charge in [0.15, 0.2) is 5.13 Å². The van der Waals surface area contributed by atoms with Crippen molar-refractivity contribution >= 4 is 34.1 Å².